The summed E-state index contributed by atoms with van der Waals surface area (Å²) in [4.78, 5) is 46.7. The summed E-state index contributed by atoms with van der Waals surface area (Å²) >= 11 is 0. The van der Waals surface area contributed by atoms with Crippen molar-refractivity contribution in [3.8, 4) is 5.75 Å². The van der Waals surface area contributed by atoms with Crippen molar-refractivity contribution in [2.24, 2.45) is 11.8 Å². The number of methoxy groups -OCH3 is 1. The number of aromatic amines is 1. The zero-order valence-electron chi connectivity index (χ0n) is 20.9. The number of nitrogens with one attached hydrogen (secondary N) is 3. The van der Waals surface area contributed by atoms with E-state index in [-0.39, 0.29) is 17.7 Å². The Morgan fingerprint density at radius 2 is 1.79 bits per heavy atom. The molecule has 4 atom stereocenters. The summed E-state index contributed by atoms with van der Waals surface area (Å²) < 4.78 is 5.35. The number of fused-ring (bicyclic) bond motifs is 5. The molecule has 3 amide bonds. The van der Waals surface area contributed by atoms with E-state index in [1.165, 1.54) is 4.90 Å². The zero-order chi connectivity index (χ0) is 26.2. The molecule has 3 N–H and O–H groups in total. The molecule has 3 aliphatic rings. The number of aromatic nitrogens is 1. The minimum Gasteiger partial charge on any atom is -0.497 e. The van der Waals surface area contributed by atoms with Crippen molar-refractivity contribution >= 4 is 40.0 Å². The van der Waals surface area contributed by atoms with Gasteiger partial charge in [-0.3, -0.25) is 19.7 Å². The van der Waals surface area contributed by atoms with E-state index in [0.717, 1.165) is 22.0 Å². The van der Waals surface area contributed by atoms with Gasteiger partial charge in [-0.2, -0.15) is 0 Å². The molecule has 0 radical (unpaired) electrons. The molecule has 8 nitrogen and oxygen atoms in total. The van der Waals surface area contributed by atoms with Gasteiger partial charge in [0.05, 0.1) is 24.6 Å². The number of hydrogen-bond acceptors (Lipinski definition) is 5. The molecule has 7 rings (SSSR count). The van der Waals surface area contributed by atoms with E-state index in [0.29, 0.717) is 29.1 Å². The first-order valence-electron chi connectivity index (χ1n) is 12.7. The van der Waals surface area contributed by atoms with Crippen molar-refractivity contribution in [3.63, 3.8) is 0 Å². The molecule has 1 spiro atoms. The van der Waals surface area contributed by atoms with Gasteiger partial charge in [0.15, 0.2) is 0 Å². The average molecular weight is 507 g/mol. The molecule has 3 aliphatic heterocycles. The summed E-state index contributed by atoms with van der Waals surface area (Å²) in [5.41, 5.74) is 3.45. The van der Waals surface area contributed by atoms with Gasteiger partial charge in [0.2, 0.25) is 17.7 Å². The van der Waals surface area contributed by atoms with Gasteiger partial charge >= 0.3 is 0 Å². The number of anilines is 2. The van der Waals surface area contributed by atoms with Crippen LogP contribution in [0.5, 0.6) is 5.75 Å². The average Bonchev–Trinajstić information content (AvgIpc) is 3.64. The van der Waals surface area contributed by atoms with Crippen molar-refractivity contribution in [2.45, 2.75) is 24.9 Å². The maximum atomic E-state index is 14.2. The topological polar surface area (TPSA) is 104 Å². The van der Waals surface area contributed by atoms with Crippen LogP contribution in [0.2, 0.25) is 0 Å². The quantitative estimate of drug-likeness (QED) is 0.367. The maximum absolute atomic E-state index is 14.2. The number of rotatable bonds is 4. The number of amides is 3. The Labute approximate surface area is 219 Å². The Bertz CT molecular complexity index is 1660. The molecule has 3 aromatic carbocycles. The lowest BCUT2D eigenvalue weighted by Crippen LogP contribution is -2.53. The number of hydrogen-bond donors (Lipinski definition) is 3. The largest absolute Gasteiger partial charge is 0.497 e. The van der Waals surface area contributed by atoms with Crippen LogP contribution in [-0.2, 0) is 26.3 Å². The lowest BCUT2D eigenvalue weighted by molar-refractivity contribution is -0.130. The van der Waals surface area contributed by atoms with Gasteiger partial charge in [0.25, 0.3) is 0 Å². The third-order valence-electron chi connectivity index (χ3n) is 8.38. The van der Waals surface area contributed by atoms with E-state index in [2.05, 4.69) is 15.6 Å². The summed E-state index contributed by atoms with van der Waals surface area (Å²) in [6, 6.07) is 20.2. The molecule has 190 valence electrons. The molecule has 4 heterocycles. The van der Waals surface area contributed by atoms with Crippen molar-refractivity contribution in [3.05, 3.63) is 89.6 Å². The van der Waals surface area contributed by atoms with Crippen molar-refractivity contribution in [1.82, 2.24) is 10.3 Å². The summed E-state index contributed by atoms with van der Waals surface area (Å²) in [6.07, 6.45) is 2.42. The van der Waals surface area contributed by atoms with E-state index < -0.39 is 23.4 Å². The fraction of sp³-hybridized carbons (Fsp3) is 0.233. The number of carbonyl (C=O) groups is 3. The lowest BCUT2D eigenvalue weighted by Gasteiger charge is -2.29. The van der Waals surface area contributed by atoms with Gasteiger partial charge in [-0.05, 0) is 42.7 Å². The lowest BCUT2D eigenvalue weighted by atomic mass is 9.76. The molecule has 4 aromatic rings. The van der Waals surface area contributed by atoms with Crippen LogP contribution in [0.15, 0.2) is 72.9 Å². The minimum absolute atomic E-state index is 0.299. The molecule has 2 fully saturated rings. The van der Waals surface area contributed by atoms with Crippen LogP contribution in [0.25, 0.3) is 10.9 Å². The normalized spacial score (nSPS) is 25.8. The SMILES string of the molecule is COc1cccc(N2C(=O)[C@H]3[C@@H](C2=O)[C@@]2(N[C@@H]3Cc3c[nH]c4ccccc34)C(=O)Nc3c(C)cccc32)c1. The fourth-order valence-electron chi connectivity index (χ4n) is 6.69. The highest BCUT2D eigenvalue weighted by Gasteiger charge is 2.70. The first kappa shape index (κ1) is 22.7. The second-order valence-electron chi connectivity index (χ2n) is 10.3. The molecule has 0 bridgehead atoms. The molecule has 8 heteroatoms. The molecule has 0 unspecified atom stereocenters. The molecular weight excluding hydrogens is 480 g/mol. The summed E-state index contributed by atoms with van der Waals surface area (Å²) in [5, 5.41) is 7.62. The Balaban J connectivity index is 1.38. The number of benzene rings is 3. The summed E-state index contributed by atoms with van der Waals surface area (Å²) in [6.45, 7) is 1.93. The van der Waals surface area contributed by atoms with Crippen LogP contribution < -0.4 is 20.3 Å². The second-order valence-corrected chi connectivity index (χ2v) is 10.3. The number of H-pyrrole nitrogens is 1. The van der Waals surface area contributed by atoms with Crippen LogP contribution in [0, 0.1) is 18.8 Å². The van der Waals surface area contributed by atoms with Gasteiger partial charge in [-0.15, -0.1) is 0 Å². The molecule has 38 heavy (non-hydrogen) atoms. The van der Waals surface area contributed by atoms with Crippen LogP contribution in [0.3, 0.4) is 0 Å². The predicted molar refractivity (Wildman–Crippen MR) is 143 cm³/mol. The minimum atomic E-state index is -1.34. The van der Waals surface area contributed by atoms with Gasteiger partial charge in [0, 0.05) is 40.5 Å². The Hall–Kier alpha value is -4.43. The first-order valence-corrected chi connectivity index (χ1v) is 12.7. The third-order valence-corrected chi connectivity index (χ3v) is 8.38. The number of carbonyl (C=O) groups excluding carboxylic acids is 3. The van der Waals surface area contributed by atoms with Crippen molar-refractivity contribution in [2.75, 3.05) is 17.3 Å². The van der Waals surface area contributed by atoms with E-state index in [1.54, 1.807) is 31.4 Å². The first-order chi connectivity index (χ1) is 18.4. The van der Waals surface area contributed by atoms with Gasteiger partial charge in [-0.1, -0.05) is 42.5 Å². The van der Waals surface area contributed by atoms with Gasteiger partial charge in [0.1, 0.15) is 11.3 Å². The van der Waals surface area contributed by atoms with Crippen LogP contribution >= 0.6 is 0 Å². The van der Waals surface area contributed by atoms with Gasteiger partial charge < -0.3 is 15.0 Å². The van der Waals surface area contributed by atoms with Crippen LogP contribution in [0.4, 0.5) is 11.4 Å². The van der Waals surface area contributed by atoms with Crippen molar-refractivity contribution in [1.29, 1.82) is 0 Å². The monoisotopic (exact) mass is 506 g/mol. The second kappa shape index (κ2) is 8.03. The Morgan fingerprint density at radius 3 is 2.63 bits per heavy atom. The van der Waals surface area contributed by atoms with Gasteiger partial charge in [-0.25, -0.2) is 4.90 Å². The number of ether oxygens (including phenoxy) is 1. The highest BCUT2D eigenvalue weighted by atomic mass is 16.5. The molecule has 0 aliphatic carbocycles. The van der Waals surface area contributed by atoms with E-state index >= 15 is 0 Å². The summed E-state index contributed by atoms with van der Waals surface area (Å²) in [5.74, 6) is -2.06. The summed E-state index contributed by atoms with van der Waals surface area (Å²) in [7, 11) is 1.54. The fourth-order valence-corrected chi connectivity index (χ4v) is 6.69. The van der Waals surface area contributed by atoms with E-state index in [9.17, 15) is 14.4 Å². The standard InChI is InChI=1S/C30H26N4O4/c1-16-7-5-11-21-26(16)32-29(37)30(21)25-24(23(33-30)13-17-15-31-22-12-4-3-10-20(17)22)27(35)34(28(25)36)18-8-6-9-19(14-18)38-2/h3-12,14-15,23-25,31,33H,13H2,1-2H3,(H,32,37)/t23-,24-,25+,30-/m1/s1. The Kier molecular flexibility index (Phi) is 4.81. The highest BCUT2D eigenvalue weighted by molar-refractivity contribution is 6.26. The number of aryl methyl sites for hydroxylation is 1. The molecule has 2 saturated heterocycles. The number of nitrogens with zero attached hydrogens (tertiary/aromatic N) is 1. The third kappa shape index (κ3) is 2.92. The number of para-hydroxylation sites is 2. The van der Waals surface area contributed by atoms with Crippen LogP contribution in [0.1, 0.15) is 16.7 Å². The number of imide groups is 1. The smallest absolute Gasteiger partial charge is 0.250 e. The predicted octanol–water partition coefficient (Wildman–Crippen LogP) is 3.65. The van der Waals surface area contributed by atoms with Crippen LogP contribution in [-0.4, -0.2) is 35.9 Å². The van der Waals surface area contributed by atoms with E-state index in [1.807, 2.05) is 55.6 Å². The maximum Gasteiger partial charge on any atom is 0.250 e. The molecule has 1 aromatic heterocycles. The van der Waals surface area contributed by atoms with E-state index in [4.69, 9.17) is 4.74 Å². The molecule has 0 saturated carbocycles. The zero-order valence-corrected chi connectivity index (χ0v) is 20.9. The highest BCUT2D eigenvalue weighted by Crippen LogP contribution is 2.54. The Morgan fingerprint density at radius 1 is 0.974 bits per heavy atom. The van der Waals surface area contributed by atoms with Crippen molar-refractivity contribution < 1.29 is 19.1 Å². The molecular formula is C30H26N4O4.